The van der Waals surface area contributed by atoms with Gasteiger partial charge in [-0.25, -0.2) is 4.98 Å². The first-order valence-corrected chi connectivity index (χ1v) is 4.06. The van der Waals surface area contributed by atoms with Gasteiger partial charge in [-0.15, -0.1) is 0 Å². The largest absolute Gasteiger partial charge is 0.448 e. The molecule has 1 fully saturated rings. The molecule has 0 aromatic carbocycles. The lowest BCUT2D eigenvalue weighted by molar-refractivity contribution is -0.00593. The van der Waals surface area contributed by atoms with Gasteiger partial charge >= 0.3 is 0 Å². The Kier molecular flexibility index (Phi) is 2.10. The highest BCUT2D eigenvalue weighted by Gasteiger charge is 2.17. The molecule has 2 rings (SSSR count). The molecule has 2 heterocycles. The van der Waals surface area contributed by atoms with Crippen LogP contribution < -0.4 is 5.32 Å². The van der Waals surface area contributed by atoms with E-state index in [0.29, 0.717) is 6.04 Å². The van der Waals surface area contributed by atoms with Crippen molar-refractivity contribution in [2.45, 2.75) is 19.5 Å². The predicted octanol–water partition coefficient (Wildman–Crippen LogP) is 0.471. The van der Waals surface area contributed by atoms with E-state index in [0.717, 1.165) is 31.2 Å². The Balaban J connectivity index is 1.82. The number of oxazole rings is 1. The van der Waals surface area contributed by atoms with Crippen LogP contribution in [0.1, 0.15) is 11.5 Å². The number of rotatable bonds is 3. The monoisotopic (exact) mass is 168 g/mol. The van der Waals surface area contributed by atoms with Crippen LogP contribution in [0.3, 0.4) is 0 Å². The molecule has 4 heteroatoms. The van der Waals surface area contributed by atoms with Crippen LogP contribution in [0.15, 0.2) is 10.8 Å². The average molecular weight is 168 g/mol. The number of aromatic nitrogens is 1. The van der Waals surface area contributed by atoms with Gasteiger partial charge in [0.25, 0.3) is 0 Å². The molecule has 4 nitrogen and oxygen atoms in total. The zero-order chi connectivity index (χ0) is 8.39. The van der Waals surface area contributed by atoms with Crippen molar-refractivity contribution in [1.82, 2.24) is 10.3 Å². The van der Waals surface area contributed by atoms with E-state index in [4.69, 9.17) is 9.15 Å². The Morgan fingerprint density at radius 2 is 2.50 bits per heavy atom. The zero-order valence-electron chi connectivity index (χ0n) is 7.04. The lowest BCUT2D eigenvalue weighted by Crippen LogP contribution is -2.45. The molecule has 12 heavy (non-hydrogen) atoms. The van der Waals surface area contributed by atoms with Crippen molar-refractivity contribution >= 4 is 0 Å². The van der Waals surface area contributed by atoms with Crippen molar-refractivity contribution in [3.05, 3.63) is 17.8 Å². The van der Waals surface area contributed by atoms with Crippen molar-refractivity contribution in [1.29, 1.82) is 0 Å². The number of hydrogen-bond donors (Lipinski definition) is 1. The molecule has 0 aliphatic carbocycles. The lowest BCUT2D eigenvalue weighted by Gasteiger charge is -2.26. The fourth-order valence-corrected chi connectivity index (χ4v) is 1.09. The fraction of sp³-hybridized carbons (Fsp3) is 0.625. The molecular formula is C8H12N2O2. The third-order valence-electron chi connectivity index (χ3n) is 2.04. The molecule has 0 saturated carbocycles. The van der Waals surface area contributed by atoms with Crippen molar-refractivity contribution in [2.75, 3.05) is 13.2 Å². The van der Waals surface area contributed by atoms with Crippen LogP contribution in [0.5, 0.6) is 0 Å². The number of hydrogen-bond acceptors (Lipinski definition) is 4. The van der Waals surface area contributed by atoms with E-state index >= 15 is 0 Å². The van der Waals surface area contributed by atoms with E-state index in [1.165, 1.54) is 6.39 Å². The van der Waals surface area contributed by atoms with E-state index in [1.54, 1.807) is 0 Å². The minimum atomic E-state index is 0.501. The van der Waals surface area contributed by atoms with E-state index in [-0.39, 0.29) is 0 Å². The number of ether oxygens (including phenoxy) is 1. The molecule has 1 aliphatic heterocycles. The smallest absolute Gasteiger partial charge is 0.181 e. The summed E-state index contributed by atoms with van der Waals surface area (Å²) in [5.41, 5.74) is 0.988. The highest BCUT2D eigenvalue weighted by molar-refractivity contribution is 5.04. The minimum Gasteiger partial charge on any atom is -0.448 e. The maximum absolute atomic E-state index is 5.07. The molecular weight excluding hydrogens is 156 g/mol. The van der Waals surface area contributed by atoms with Crippen molar-refractivity contribution in [3.8, 4) is 0 Å². The van der Waals surface area contributed by atoms with Crippen LogP contribution in [0.2, 0.25) is 0 Å². The second-order valence-corrected chi connectivity index (χ2v) is 2.97. The van der Waals surface area contributed by atoms with Gasteiger partial charge in [0.1, 0.15) is 5.76 Å². The normalized spacial score (nSPS) is 17.8. The number of nitrogens with zero attached hydrogens (tertiary/aromatic N) is 1. The Morgan fingerprint density at radius 3 is 3.00 bits per heavy atom. The maximum Gasteiger partial charge on any atom is 0.181 e. The highest BCUT2D eigenvalue weighted by Crippen LogP contribution is 2.06. The minimum absolute atomic E-state index is 0.501. The third-order valence-corrected chi connectivity index (χ3v) is 2.04. The summed E-state index contributed by atoms with van der Waals surface area (Å²) in [5, 5.41) is 3.31. The Morgan fingerprint density at radius 1 is 1.67 bits per heavy atom. The van der Waals surface area contributed by atoms with Gasteiger partial charge in [-0.05, 0) is 6.92 Å². The van der Waals surface area contributed by atoms with E-state index in [1.807, 2.05) is 6.92 Å². The quantitative estimate of drug-likeness (QED) is 0.712. The van der Waals surface area contributed by atoms with E-state index < -0.39 is 0 Å². The summed E-state index contributed by atoms with van der Waals surface area (Å²) >= 11 is 0. The summed E-state index contributed by atoms with van der Waals surface area (Å²) in [6, 6.07) is 0.501. The van der Waals surface area contributed by atoms with Gasteiger partial charge in [0.05, 0.1) is 24.9 Å². The first-order valence-electron chi connectivity index (χ1n) is 4.06. The molecule has 0 atom stereocenters. The molecule has 1 saturated heterocycles. The Hall–Kier alpha value is -0.870. The van der Waals surface area contributed by atoms with Gasteiger partial charge in [-0.2, -0.15) is 0 Å². The summed E-state index contributed by atoms with van der Waals surface area (Å²) < 4.78 is 10.1. The summed E-state index contributed by atoms with van der Waals surface area (Å²) in [6.45, 7) is 4.32. The van der Waals surface area contributed by atoms with Gasteiger partial charge in [-0.3, -0.25) is 0 Å². The second kappa shape index (κ2) is 3.25. The highest BCUT2D eigenvalue weighted by atomic mass is 16.5. The van der Waals surface area contributed by atoms with Crippen LogP contribution in [-0.4, -0.2) is 24.2 Å². The summed E-state index contributed by atoms with van der Waals surface area (Å²) in [6.07, 6.45) is 1.48. The SMILES string of the molecule is Cc1ocnc1CNC1COC1. The van der Waals surface area contributed by atoms with Gasteiger partial charge < -0.3 is 14.5 Å². The van der Waals surface area contributed by atoms with Crippen LogP contribution >= 0.6 is 0 Å². The first-order chi connectivity index (χ1) is 5.86. The predicted molar refractivity (Wildman–Crippen MR) is 42.7 cm³/mol. The molecule has 1 aromatic heterocycles. The first kappa shape index (κ1) is 7.76. The molecule has 0 radical (unpaired) electrons. The van der Waals surface area contributed by atoms with Crippen LogP contribution in [0.25, 0.3) is 0 Å². The van der Waals surface area contributed by atoms with Crippen LogP contribution in [0, 0.1) is 6.92 Å². The van der Waals surface area contributed by atoms with Crippen molar-refractivity contribution < 1.29 is 9.15 Å². The number of nitrogens with one attached hydrogen (secondary N) is 1. The van der Waals surface area contributed by atoms with E-state index in [2.05, 4.69) is 10.3 Å². The summed E-state index contributed by atoms with van der Waals surface area (Å²) in [4.78, 5) is 4.08. The summed E-state index contributed by atoms with van der Waals surface area (Å²) in [7, 11) is 0. The van der Waals surface area contributed by atoms with Crippen LogP contribution in [0.4, 0.5) is 0 Å². The lowest BCUT2D eigenvalue weighted by atomic mass is 10.2. The van der Waals surface area contributed by atoms with Crippen LogP contribution in [-0.2, 0) is 11.3 Å². The van der Waals surface area contributed by atoms with Gasteiger partial charge in [-0.1, -0.05) is 0 Å². The molecule has 0 spiro atoms. The standard InChI is InChI=1S/C8H12N2O2/c1-6-8(10-5-12-6)2-9-7-3-11-4-7/h5,7,9H,2-4H2,1H3. The zero-order valence-corrected chi connectivity index (χ0v) is 7.04. The second-order valence-electron chi connectivity index (χ2n) is 2.97. The van der Waals surface area contributed by atoms with Crippen molar-refractivity contribution in [3.63, 3.8) is 0 Å². The molecule has 0 bridgehead atoms. The molecule has 66 valence electrons. The summed E-state index contributed by atoms with van der Waals surface area (Å²) in [5.74, 6) is 0.891. The third kappa shape index (κ3) is 1.49. The maximum atomic E-state index is 5.07. The van der Waals surface area contributed by atoms with E-state index in [9.17, 15) is 0 Å². The van der Waals surface area contributed by atoms with Gasteiger partial charge in [0.2, 0.25) is 0 Å². The molecule has 0 unspecified atom stereocenters. The molecule has 1 aliphatic rings. The average Bonchev–Trinajstić information content (AvgIpc) is 2.33. The van der Waals surface area contributed by atoms with Gasteiger partial charge in [0.15, 0.2) is 6.39 Å². The fourth-order valence-electron chi connectivity index (χ4n) is 1.09. The number of aryl methyl sites for hydroxylation is 1. The Bertz CT molecular complexity index is 255. The molecule has 1 N–H and O–H groups in total. The van der Waals surface area contributed by atoms with Crippen molar-refractivity contribution in [2.24, 2.45) is 0 Å². The van der Waals surface area contributed by atoms with Gasteiger partial charge in [0, 0.05) is 6.54 Å². The molecule has 0 amide bonds. The topological polar surface area (TPSA) is 47.3 Å². The molecule has 1 aromatic rings. The Labute approximate surface area is 70.9 Å².